The maximum atomic E-state index is 13.2. The zero-order chi connectivity index (χ0) is 27.7. The van der Waals surface area contributed by atoms with Crippen LogP contribution in [0.5, 0.6) is 5.75 Å². The number of esters is 1. The molecule has 0 saturated heterocycles. The van der Waals surface area contributed by atoms with Crippen LogP contribution in [0, 0.1) is 0 Å². The minimum atomic E-state index is -0.799. The minimum absolute atomic E-state index is 0.0709. The van der Waals surface area contributed by atoms with Gasteiger partial charge in [0.25, 0.3) is 11.8 Å². The van der Waals surface area contributed by atoms with Crippen LogP contribution in [0.1, 0.15) is 55.9 Å². The largest absolute Gasteiger partial charge is 0.496 e. The molecular weight excluding hydrogens is 502 g/mol. The van der Waals surface area contributed by atoms with Gasteiger partial charge in [-0.2, -0.15) is 10.2 Å². The lowest BCUT2D eigenvalue weighted by molar-refractivity contribution is -0.158. The Balaban J connectivity index is 1.29. The molecule has 2 amide bonds. The average Bonchev–Trinajstić information content (AvgIpc) is 3.55. The normalized spacial score (nSPS) is 18.1. The summed E-state index contributed by atoms with van der Waals surface area (Å²) >= 11 is 0. The SMILES string of the molecule is COc1cc2nn([C@H]3CC[C@H](N(C)C(=O)[C@H](C)OC(C)=O)CC3)cc2cc1C(=O)Nc1cnn2cccnc12. The fraction of sp³-hybridized carbons (Fsp3) is 0.407. The molecule has 5 rings (SSSR count). The number of ether oxygens (including phenoxy) is 2. The highest BCUT2D eigenvalue weighted by Gasteiger charge is 2.31. The summed E-state index contributed by atoms with van der Waals surface area (Å²) in [6, 6.07) is 5.54. The van der Waals surface area contributed by atoms with E-state index in [0.29, 0.717) is 22.6 Å². The molecule has 204 valence electrons. The first-order valence-electron chi connectivity index (χ1n) is 12.9. The van der Waals surface area contributed by atoms with E-state index in [1.807, 2.05) is 10.9 Å². The summed E-state index contributed by atoms with van der Waals surface area (Å²) < 4.78 is 14.1. The number of aromatic nitrogens is 5. The van der Waals surface area contributed by atoms with Crippen LogP contribution in [0.4, 0.5) is 5.69 Å². The van der Waals surface area contributed by atoms with Crippen molar-refractivity contribution in [1.82, 2.24) is 29.3 Å². The zero-order valence-electron chi connectivity index (χ0n) is 22.3. The molecule has 1 N–H and O–H groups in total. The van der Waals surface area contributed by atoms with Crippen LogP contribution in [-0.4, -0.2) is 73.4 Å². The minimum Gasteiger partial charge on any atom is -0.496 e. The predicted molar refractivity (Wildman–Crippen MR) is 143 cm³/mol. The number of carbonyl (C=O) groups is 3. The lowest BCUT2D eigenvalue weighted by Gasteiger charge is -2.35. The Morgan fingerprint density at radius 3 is 2.67 bits per heavy atom. The van der Waals surface area contributed by atoms with Crippen LogP contribution in [-0.2, 0) is 14.3 Å². The molecule has 39 heavy (non-hydrogen) atoms. The molecule has 0 bridgehead atoms. The molecule has 0 radical (unpaired) electrons. The predicted octanol–water partition coefficient (Wildman–Crippen LogP) is 3.23. The van der Waals surface area contributed by atoms with E-state index >= 15 is 0 Å². The van der Waals surface area contributed by atoms with Crippen molar-refractivity contribution in [3.05, 3.63) is 48.5 Å². The van der Waals surface area contributed by atoms with Crippen molar-refractivity contribution in [2.24, 2.45) is 0 Å². The van der Waals surface area contributed by atoms with Gasteiger partial charge in [0.15, 0.2) is 11.8 Å². The number of carbonyl (C=O) groups excluding carboxylic acids is 3. The van der Waals surface area contributed by atoms with E-state index in [0.717, 1.165) is 36.6 Å². The monoisotopic (exact) mass is 533 g/mol. The molecule has 3 heterocycles. The third-order valence-electron chi connectivity index (χ3n) is 7.24. The highest BCUT2D eigenvalue weighted by Crippen LogP contribution is 2.33. The molecule has 4 aromatic rings. The van der Waals surface area contributed by atoms with Crippen molar-refractivity contribution in [2.75, 3.05) is 19.5 Å². The smallest absolute Gasteiger partial charge is 0.303 e. The molecule has 1 aliphatic rings. The van der Waals surface area contributed by atoms with E-state index in [1.165, 1.54) is 14.0 Å². The van der Waals surface area contributed by atoms with E-state index in [4.69, 9.17) is 14.6 Å². The van der Waals surface area contributed by atoms with Crippen molar-refractivity contribution in [2.45, 2.75) is 57.7 Å². The van der Waals surface area contributed by atoms with E-state index in [9.17, 15) is 14.4 Å². The first-order chi connectivity index (χ1) is 18.7. The fourth-order valence-corrected chi connectivity index (χ4v) is 5.19. The number of fused-ring (bicyclic) bond motifs is 2. The molecular formula is C27H31N7O5. The molecule has 0 unspecified atom stereocenters. The van der Waals surface area contributed by atoms with Crippen LogP contribution in [0.3, 0.4) is 0 Å². The summed E-state index contributed by atoms with van der Waals surface area (Å²) in [7, 11) is 3.28. The Morgan fingerprint density at radius 1 is 1.18 bits per heavy atom. The Hall–Kier alpha value is -4.48. The zero-order valence-corrected chi connectivity index (χ0v) is 22.3. The third kappa shape index (κ3) is 5.27. The molecule has 1 aliphatic carbocycles. The number of likely N-dealkylation sites (N-methyl/N-ethyl adjacent to an activating group) is 1. The van der Waals surface area contributed by atoms with Gasteiger partial charge in [0.1, 0.15) is 11.4 Å². The summed E-state index contributed by atoms with van der Waals surface area (Å²) in [5.74, 6) is -0.585. The second-order valence-corrected chi connectivity index (χ2v) is 9.78. The van der Waals surface area contributed by atoms with Crippen LogP contribution in [0.25, 0.3) is 16.6 Å². The molecule has 3 aromatic heterocycles. The molecule has 0 aliphatic heterocycles. The van der Waals surface area contributed by atoms with Crippen LogP contribution in [0.2, 0.25) is 0 Å². The second kappa shape index (κ2) is 10.7. The highest BCUT2D eigenvalue weighted by molar-refractivity contribution is 6.09. The molecule has 1 atom stereocenters. The van der Waals surface area contributed by atoms with Crippen molar-refractivity contribution >= 4 is 40.0 Å². The molecule has 12 heteroatoms. The van der Waals surface area contributed by atoms with Gasteiger partial charge in [0.05, 0.1) is 30.4 Å². The van der Waals surface area contributed by atoms with Gasteiger partial charge in [-0.3, -0.25) is 19.1 Å². The Bertz CT molecular complexity index is 1540. The van der Waals surface area contributed by atoms with Crippen LogP contribution in [0.15, 0.2) is 43.0 Å². The van der Waals surface area contributed by atoms with E-state index in [-0.39, 0.29) is 23.9 Å². The average molecular weight is 534 g/mol. The van der Waals surface area contributed by atoms with Gasteiger partial charge in [0.2, 0.25) is 0 Å². The molecule has 12 nitrogen and oxygen atoms in total. The maximum absolute atomic E-state index is 13.2. The van der Waals surface area contributed by atoms with E-state index in [2.05, 4.69) is 15.4 Å². The number of benzene rings is 1. The van der Waals surface area contributed by atoms with Gasteiger partial charge in [-0.15, -0.1) is 0 Å². The number of anilines is 1. The van der Waals surface area contributed by atoms with E-state index in [1.54, 1.807) is 60.2 Å². The lowest BCUT2D eigenvalue weighted by atomic mass is 9.90. The van der Waals surface area contributed by atoms with Gasteiger partial charge in [0, 0.05) is 50.1 Å². The number of nitrogens with zero attached hydrogens (tertiary/aromatic N) is 6. The summed E-state index contributed by atoms with van der Waals surface area (Å²) in [5.41, 5.74) is 2.15. The first-order valence-corrected chi connectivity index (χ1v) is 12.9. The topological polar surface area (TPSA) is 133 Å². The Labute approximate surface area is 224 Å². The summed E-state index contributed by atoms with van der Waals surface area (Å²) in [4.78, 5) is 43.0. The van der Waals surface area contributed by atoms with Crippen LogP contribution >= 0.6 is 0 Å². The quantitative estimate of drug-likeness (QED) is 0.358. The number of amides is 2. The summed E-state index contributed by atoms with van der Waals surface area (Å²) in [6.45, 7) is 2.89. The molecule has 1 aromatic carbocycles. The Morgan fingerprint density at radius 2 is 1.95 bits per heavy atom. The van der Waals surface area contributed by atoms with Crippen molar-refractivity contribution in [3.63, 3.8) is 0 Å². The van der Waals surface area contributed by atoms with Crippen molar-refractivity contribution < 1.29 is 23.9 Å². The standard InChI is InChI=1S/C27H31N7O5/c1-16(39-17(2)35)27(37)32(3)19-6-8-20(9-7-19)34-15-18-12-21(24(38-4)13-22(18)31-34)26(36)30-23-14-29-33-11-5-10-28-25(23)33/h5,10-16,19-20H,6-9H2,1-4H3,(H,30,36)/t16-,19-,20-/m0/s1. The number of hydrogen-bond acceptors (Lipinski definition) is 8. The third-order valence-corrected chi connectivity index (χ3v) is 7.24. The van der Waals surface area contributed by atoms with Crippen molar-refractivity contribution in [1.29, 1.82) is 0 Å². The molecule has 1 fully saturated rings. The fourth-order valence-electron chi connectivity index (χ4n) is 5.19. The lowest BCUT2D eigenvalue weighted by Crippen LogP contribution is -2.45. The molecule has 1 saturated carbocycles. The summed E-state index contributed by atoms with van der Waals surface area (Å²) in [5, 5.41) is 12.7. The number of methoxy groups -OCH3 is 1. The van der Waals surface area contributed by atoms with E-state index < -0.39 is 12.1 Å². The number of nitrogens with one attached hydrogen (secondary N) is 1. The number of hydrogen-bond donors (Lipinski definition) is 1. The second-order valence-electron chi connectivity index (χ2n) is 9.78. The number of rotatable bonds is 7. The van der Waals surface area contributed by atoms with Gasteiger partial charge >= 0.3 is 5.97 Å². The highest BCUT2D eigenvalue weighted by atomic mass is 16.5. The summed E-state index contributed by atoms with van der Waals surface area (Å²) in [6.07, 6.45) is 9.39. The van der Waals surface area contributed by atoms with Gasteiger partial charge in [-0.1, -0.05) is 0 Å². The van der Waals surface area contributed by atoms with Crippen LogP contribution < -0.4 is 10.1 Å². The van der Waals surface area contributed by atoms with Crippen molar-refractivity contribution in [3.8, 4) is 5.75 Å². The van der Waals surface area contributed by atoms with Gasteiger partial charge in [-0.05, 0) is 44.7 Å². The molecule has 0 spiro atoms. The van der Waals surface area contributed by atoms with Gasteiger partial charge < -0.3 is 19.7 Å². The first kappa shape index (κ1) is 26.1. The maximum Gasteiger partial charge on any atom is 0.303 e. The Kier molecular flexibility index (Phi) is 7.18. The van der Waals surface area contributed by atoms with Gasteiger partial charge in [-0.25, -0.2) is 9.50 Å².